The minimum Gasteiger partial charge on any atom is -0.394 e. The van der Waals surface area contributed by atoms with Gasteiger partial charge in [-0.3, -0.25) is 0 Å². The summed E-state index contributed by atoms with van der Waals surface area (Å²) in [6, 6.07) is -0.633. The fourth-order valence-electron chi connectivity index (χ4n) is 1.36. The molecule has 90 valence electrons. The van der Waals surface area contributed by atoms with Crippen LogP contribution in [-0.4, -0.2) is 55.5 Å². The summed E-state index contributed by atoms with van der Waals surface area (Å²) in [5.41, 5.74) is 0. The van der Waals surface area contributed by atoms with Crippen LogP contribution < -0.4 is 0 Å². The Morgan fingerprint density at radius 1 is 1.60 bits per heavy atom. The van der Waals surface area contributed by atoms with Crippen molar-refractivity contribution in [2.45, 2.75) is 24.8 Å². The third-order valence-corrected chi connectivity index (χ3v) is 3.82. The van der Waals surface area contributed by atoms with E-state index in [0.717, 1.165) is 0 Å². The van der Waals surface area contributed by atoms with Gasteiger partial charge in [-0.15, -0.1) is 0 Å². The molecule has 0 aliphatic carbocycles. The molecule has 0 aromatic heterocycles. The second-order valence-electron chi connectivity index (χ2n) is 3.36. The van der Waals surface area contributed by atoms with Crippen molar-refractivity contribution in [2.75, 3.05) is 19.8 Å². The van der Waals surface area contributed by atoms with Gasteiger partial charge in [-0.2, -0.15) is 13.1 Å². The molecule has 2 unspecified atom stereocenters. The Hall–Kier alpha value is -0.310. The quantitative estimate of drug-likeness (QED) is 0.736. The van der Waals surface area contributed by atoms with Gasteiger partial charge < -0.3 is 9.84 Å². The van der Waals surface area contributed by atoms with E-state index in [4.69, 9.17) is 9.84 Å². The highest BCUT2D eigenvalue weighted by molar-refractivity contribution is 7.89. The zero-order valence-corrected chi connectivity index (χ0v) is 8.95. The number of aliphatic hydroxyl groups excluding tert-OH is 1. The highest BCUT2D eigenvalue weighted by Crippen LogP contribution is 2.20. The molecule has 0 amide bonds. The number of hydrogen-bond donors (Lipinski definition) is 1. The van der Waals surface area contributed by atoms with Gasteiger partial charge in [0.1, 0.15) is 0 Å². The van der Waals surface area contributed by atoms with Gasteiger partial charge in [0.05, 0.1) is 19.3 Å². The summed E-state index contributed by atoms with van der Waals surface area (Å²) in [5, 5.41) is 8.77. The molecule has 1 N–H and O–H groups in total. The highest BCUT2D eigenvalue weighted by atomic mass is 32.2. The maximum atomic E-state index is 12.3. The van der Waals surface area contributed by atoms with Crippen molar-refractivity contribution in [3.8, 4) is 0 Å². The molecule has 0 spiro atoms. The van der Waals surface area contributed by atoms with Crippen molar-refractivity contribution in [2.24, 2.45) is 0 Å². The summed E-state index contributed by atoms with van der Waals surface area (Å²) in [7, 11) is -4.58. The van der Waals surface area contributed by atoms with Gasteiger partial charge in [0.15, 0.2) is 0 Å². The topological polar surface area (TPSA) is 66.8 Å². The lowest BCUT2D eigenvalue weighted by Crippen LogP contribution is -2.53. The SMILES string of the molecule is CC1COC(CO)CN1S(=O)(=O)C(F)F. The molecule has 0 aromatic carbocycles. The lowest BCUT2D eigenvalue weighted by atomic mass is 10.2. The highest BCUT2D eigenvalue weighted by Gasteiger charge is 2.39. The third-order valence-electron chi connectivity index (χ3n) is 2.20. The first-order chi connectivity index (χ1) is 6.89. The first kappa shape index (κ1) is 12.8. The molecule has 2 atom stereocenters. The van der Waals surface area contributed by atoms with Crippen LogP contribution in [0.4, 0.5) is 8.78 Å². The number of aliphatic hydroxyl groups is 1. The van der Waals surface area contributed by atoms with Crippen LogP contribution in [0.2, 0.25) is 0 Å². The van der Waals surface area contributed by atoms with Crippen molar-refractivity contribution in [1.82, 2.24) is 4.31 Å². The fraction of sp³-hybridized carbons (Fsp3) is 1.00. The van der Waals surface area contributed by atoms with E-state index in [1.54, 1.807) is 0 Å². The molecule has 1 aliphatic rings. The number of hydrogen-bond acceptors (Lipinski definition) is 4. The Morgan fingerprint density at radius 2 is 2.20 bits per heavy atom. The lowest BCUT2D eigenvalue weighted by Gasteiger charge is -2.35. The molecule has 5 nitrogen and oxygen atoms in total. The second-order valence-corrected chi connectivity index (χ2v) is 5.22. The van der Waals surface area contributed by atoms with Gasteiger partial charge in [0.2, 0.25) is 0 Å². The third kappa shape index (κ3) is 2.63. The maximum absolute atomic E-state index is 12.3. The zero-order valence-electron chi connectivity index (χ0n) is 8.14. The van der Waals surface area contributed by atoms with Gasteiger partial charge in [0, 0.05) is 12.6 Å². The van der Waals surface area contributed by atoms with Crippen LogP contribution in [0, 0.1) is 0 Å². The molecule has 1 rings (SSSR count). The van der Waals surface area contributed by atoms with E-state index in [1.165, 1.54) is 6.92 Å². The van der Waals surface area contributed by atoms with E-state index in [1.807, 2.05) is 0 Å². The average Bonchev–Trinajstić information content (AvgIpc) is 2.18. The smallest absolute Gasteiger partial charge is 0.350 e. The number of nitrogens with zero attached hydrogens (tertiary/aromatic N) is 1. The summed E-state index contributed by atoms with van der Waals surface area (Å²) >= 11 is 0. The Balaban J connectivity index is 2.83. The number of rotatable bonds is 3. The summed E-state index contributed by atoms with van der Waals surface area (Å²) in [5.74, 6) is -3.43. The molecule has 1 saturated heterocycles. The Morgan fingerprint density at radius 3 is 2.67 bits per heavy atom. The number of sulfonamides is 1. The molecule has 1 heterocycles. The number of halogens is 2. The van der Waals surface area contributed by atoms with E-state index in [2.05, 4.69) is 0 Å². The Labute approximate surface area is 86.7 Å². The van der Waals surface area contributed by atoms with Gasteiger partial charge in [-0.1, -0.05) is 0 Å². The summed E-state index contributed by atoms with van der Waals surface area (Å²) in [6.45, 7) is 0.872. The first-order valence-electron chi connectivity index (χ1n) is 4.41. The Kier molecular flexibility index (Phi) is 3.99. The molecule has 0 saturated carbocycles. The normalized spacial score (nSPS) is 29.7. The number of ether oxygens (including phenoxy) is 1. The summed E-state index contributed by atoms with van der Waals surface area (Å²) in [6.07, 6.45) is -0.727. The lowest BCUT2D eigenvalue weighted by molar-refractivity contribution is -0.0530. The van der Waals surface area contributed by atoms with Crippen molar-refractivity contribution in [3.63, 3.8) is 0 Å². The van der Waals surface area contributed by atoms with Crippen molar-refractivity contribution < 1.29 is 27.0 Å². The predicted molar refractivity (Wildman–Crippen MR) is 47.9 cm³/mol. The molecule has 0 radical (unpaired) electrons. The van der Waals surface area contributed by atoms with Crippen LogP contribution >= 0.6 is 0 Å². The fourth-order valence-corrected chi connectivity index (χ4v) is 2.50. The molecular formula is C7H13F2NO4S. The molecule has 15 heavy (non-hydrogen) atoms. The van der Waals surface area contributed by atoms with E-state index >= 15 is 0 Å². The van der Waals surface area contributed by atoms with Crippen LogP contribution in [0.25, 0.3) is 0 Å². The maximum Gasteiger partial charge on any atom is 0.350 e. The zero-order chi connectivity index (χ0) is 11.6. The van der Waals surface area contributed by atoms with Crippen molar-refractivity contribution >= 4 is 10.0 Å². The van der Waals surface area contributed by atoms with E-state index in [0.29, 0.717) is 4.31 Å². The molecule has 0 aromatic rings. The number of alkyl halides is 2. The van der Waals surface area contributed by atoms with E-state index in [-0.39, 0.29) is 19.8 Å². The van der Waals surface area contributed by atoms with Crippen molar-refractivity contribution in [3.05, 3.63) is 0 Å². The molecule has 8 heteroatoms. The van der Waals surface area contributed by atoms with Crippen LogP contribution in [0.1, 0.15) is 6.92 Å². The van der Waals surface area contributed by atoms with Crippen LogP contribution in [-0.2, 0) is 14.8 Å². The van der Waals surface area contributed by atoms with Crippen LogP contribution in [0.3, 0.4) is 0 Å². The summed E-state index contributed by atoms with van der Waals surface area (Å²) < 4.78 is 52.7. The standard InChI is InChI=1S/C7H13F2NO4S/c1-5-4-14-6(3-11)2-10(5)15(12,13)7(8)9/h5-7,11H,2-4H2,1H3. The molecule has 1 fully saturated rings. The monoisotopic (exact) mass is 245 g/mol. The number of morpholine rings is 1. The second kappa shape index (κ2) is 4.69. The average molecular weight is 245 g/mol. The Bertz CT molecular complexity index is 308. The first-order valence-corrected chi connectivity index (χ1v) is 5.91. The minimum absolute atomic E-state index is 0.0111. The predicted octanol–water partition coefficient (Wildman–Crippen LogP) is -0.380. The molecule has 0 bridgehead atoms. The molecule has 1 aliphatic heterocycles. The van der Waals surface area contributed by atoms with E-state index in [9.17, 15) is 17.2 Å². The van der Waals surface area contributed by atoms with Gasteiger partial charge in [0.25, 0.3) is 10.0 Å². The van der Waals surface area contributed by atoms with Gasteiger partial charge in [-0.25, -0.2) is 8.42 Å². The van der Waals surface area contributed by atoms with Crippen LogP contribution in [0.5, 0.6) is 0 Å². The van der Waals surface area contributed by atoms with Crippen molar-refractivity contribution in [1.29, 1.82) is 0 Å². The molecular weight excluding hydrogens is 232 g/mol. The van der Waals surface area contributed by atoms with Crippen LogP contribution in [0.15, 0.2) is 0 Å². The van der Waals surface area contributed by atoms with E-state index < -0.39 is 27.9 Å². The largest absolute Gasteiger partial charge is 0.394 e. The van der Waals surface area contributed by atoms with Gasteiger partial charge in [-0.05, 0) is 6.92 Å². The van der Waals surface area contributed by atoms with Gasteiger partial charge >= 0.3 is 5.76 Å². The summed E-state index contributed by atoms with van der Waals surface area (Å²) in [4.78, 5) is 0. The minimum atomic E-state index is -4.58.